The SMILES string of the molecule is CCCCCCCCCCOCC[C@H](CC)OC(=O)[C@H](CCCC(=O)O)NC(=O)OC(C)(C)C. The Labute approximate surface area is 206 Å². The number of unbranched alkanes of at least 4 members (excludes halogenated alkanes) is 7. The zero-order valence-corrected chi connectivity index (χ0v) is 22.2. The highest BCUT2D eigenvalue weighted by Gasteiger charge is 2.27. The fourth-order valence-corrected chi connectivity index (χ4v) is 3.40. The molecule has 0 aromatic carbocycles. The van der Waals surface area contributed by atoms with Crippen LogP contribution in [0.15, 0.2) is 0 Å². The van der Waals surface area contributed by atoms with Crippen molar-refractivity contribution < 1.29 is 33.7 Å². The second-order valence-corrected chi connectivity index (χ2v) is 9.83. The molecule has 0 bridgehead atoms. The van der Waals surface area contributed by atoms with Crippen molar-refractivity contribution in [1.82, 2.24) is 5.32 Å². The van der Waals surface area contributed by atoms with E-state index in [9.17, 15) is 14.4 Å². The second kappa shape index (κ2) is 19.5. The van der Waals surface area contributed by atoms with Crippen molar-refractivity contribution in [2.24, 2.45) is 0 Å². The van der Waals surface area contributed by atoms with Gasteiger partial charge in [-0.05, 0) is 46.5 Å². The van der Waals surface area contributed by atoms with Crippen LogP contribution in [0.2, 0.25) is 0 Å². The molecule has 0 aliphatic heterocycles. The summed E-state index contributed by atoms with van der Waals surface area (Å²) < 4.78 is 16.6. The van der Waals surface area contributed by atoms with E-state index in [-0.39, 0.29) is 25.4 Å². The monoisotopic (exact) mass is 487 g/mol. The average Bonchev–Trinajstić information content (AvgIpc) is 2.74. The van der Waals surface area contributed by atoms with E-state index in [1.807, 2.05) is 6.92 Å². The summed E-state index contributed by atoms with van der Waals surface area (Å²) in [7, 11) is 0. The van der Waals surface area contributed by atoms with Crippen molar-refractivity contribution >= 4 is 18.0 Å². The average molecular weight is 488 g/mol. The summed E-state index contributed by atoms with van der Waals surface area (Å²) in [6, 6.07) is -0.957. The first kappa shape index (κ1) is 32.2. The van der Waals surface area contributed by atoms with E-state index in [1.165, 1.54) is 44.9 Å². The quantitative estimate of drug-likeness (QED) is 0.160. The molecule has 0 aromatic rings. The number of carboxylic acid groups (broad SMARTS) is 1. The lowest BCUT2D eigenvalue weighted by molar-refractivity contribution is -0.153. The summed E-state index contributed by atoms with van der Waals surface area (Å²) in [4.78, 5) is 35.7. The number of hydrogen-bond acceptors (Lipinski definition) is 6. The summed E-state index contributed by atoms with van der Waals surface area (Å²) in [5, 5.41) is 11.4. The van der Waals surface area contributed by atoms with Gasteiger partial charge >= 0.3 is 18.0 Å². The highest BCUT2D eigenvalue weighted by molar-refractivity contribution is 5.81. The van der Waals surface area contributed by atoms with Gasteiger partial charge in [0.25, 0.3) is 0 Å². The van der Waals surface area contributed by atoms with Crippen LogP contribution in [0, 0.1) is 0 Å². The molecule has 34 heavy (non-hydrogen) atoms. The maximum Gasteiger partial charge on any atom is 0.408 e. The molecule has 2 N–H and O–H groups in total. The Balaban J connectivity index is 4.36. The van der Waals surface area contributed by atoms with E-state index >= 15 is 0 Å². The standard InChI is InChI=1S/C26H49NO7/c1-6-8-9-10-11-12-13-14-19-32-20-18-21(7-2)33-24(30)22(16-15-17-23(28)29)27-25(31)34-26(3,4)5/h21-22H,6-20H2,1-5H3,(H,27,31)(H,28,29)/t21-,22-/m0/s1. The van der Waals surface area contributed by atoms with Gasteiger partial charge in [-0.1, -0.05) is 58.8 Å². The van der Waals surface area contributed by atoms with Crippen molar-refractivity contribution in [3.8, 4) is 0 Å². The van der Waals surface area contributed by atoms with E-state index < -0.39 is 29.7 Å². The van der Waals surface area contributed by atoms with Gasteiger partial charge in [0.2, 0.25) is 0 Å². The fourth-order valence-electron chi connectivity index (χ4n) is 3.40. The number of nitrogens with one attached hydrogen (secondary N) is 1. The van der Waals surface area contributed by atoms with Gasteiger partial charge in [-0.25, -0.2) is 9.59 Å². The third-order valence-electron chi connectivity index (χ3n) is 5.32. The summed E-state index contributed by atoms with van der Waals surface area (Å²) in [5.41, 5.74) is -0.710. The minimum atomic E-state index is -0.957. The summed E-state index contributed by atoms with van der Waals surface area (Å²) in [5.74, 6) is -1.53. The third-order valence-corrected chi connectivity index (χ3v) is 5.32. The molecule has 0 spiro atoms. The second-order valence-electron chi connectivity index (χ2n) is 9.83. The number of carbonyl (C=O) groups excluding carboxylic acids is 2. The Morgan fingerprint density at radius 1 is 0.853 bits per heavy atom. The number of esters is 1. The number of rotatable bonds is 20. The molecule has 0 heterocycles. The zero-order valence-electron chi connectivity index (χ0n) is 22.2. The number of carboxylic acids is 1. The van der Waals surface area contributed by atoms with Crippen LogP contribution in [-0.4, -0.2) is 54.1 Å². The largest absolute Gasteiger partial charge is 0.481 e. The van der Waals surface area contributed by atoms with E-state index in [4.69, 9.17) is 19.3 Å². The normalized spacial score (nSPS) is 13.2. The molecule has 0 unspecified atom stereocenters. The highest BCUT2D eigenvalue weighted by Crippen LogP contribution is 2.13. The molecule has 0 saturated heterocycles. The molecule has 200 valence electrons. The Morgan fingerprint density at radius 3 is 2.03 bits per heavy atom. The minimum absolute atomic E-state index is 0.0937. The number of amides is 1. The van der Waals surface area contributed by atoms with Crippen LogP contribution in [-0.2, 0) is 23.8 Å². The first-order chi connectivity index (χ1) is 16.1. The van der Waals surface area contributed by atoms with E-state index in [1.54, 1.807) is 20.8 Å². The number of carbonyl (C=O) groups is 3. The topological polar surface area (TPSA) is 111 Å². The van der Waals surface area contributed by atoms with Crippen LogP contribution in [0.5, 0.6) is 0 Å². The van der Waals surface area contributed by atoms with Gasteiger partial charge < -0.3 is 24.6 Å². The van der Waals surface area contributed by atoms with Gasteiger partial charge in [-0.15, -0.1) is 0 Å². The van der Waals surface area contributed by atoms with Crippen molar-refractivity contribution in [2.45, 2.75) is 136 Å². The first-order valence-corrected chi connectivity index (χ1v) is 13.1. The van der Waals surface area contributed by atoms with Crippen LogP contribution < -0.4 is 5.32 Å². The predicted octanol–water partition coefficient (Wildman–Crippen LogP) is 6.00. The highest BCUT2D eigenvalue weighted by atomic mass is 16.6. The van der Waals surface area contributed by atoms with Gasteiger partial charge in [0.05, 0.1) is 6.61 Å². The zero-order chi connectivity index (χ0) is 25.8. The smallest absolute Gasteiger partial charge is 0.408 e. The maximum absolute atomic E-state index is 12.7. The lowest BCUT2D eigenvalue weighted by Crippen LogP contribution is -2.45. The molecule has 0 fully saturated rings. The Morgan fingerprint density at radius 2 is 1.47 bits per heavy atom. The first-order valence-electron chi connectivity index (χ1n) is 13.1. The minimum Gasteiger partial charge on any atom is -0.481 e. The summed E-state index contributed by atoms with van der Waals surface area (Å²) in [6.45, 7) is 10.5. The molecule has 2 atom stereocenters. The Kier molecular flexibility index (Phi) is 18.4. The van der Waals surface area contributed by atoms with Gasteiger partial charge in [0.15, 0.2) is 0 Å². The lowest BCUT2D eigenvalue weighted by Gasteiger charge is -2.24. The number of hydrogen-bond donors (Lipinski definition) is 2. The van der Waals surface area contributed by atoms with Crippen molar-refractivity contribution in [3.05, 3.63) is 0 Å². The predicted molar refractivity (Wildman–Crippen MR) is 133 cm³/mol. The molecule has 0 radical (unpaired) electrons. The van der Waals surface area contributed by atoms with Gasteiger partial charge in [-0.2, -0.15) is 0 Å². The maximum atomic E-state index is 12.7. The molecule has 0 aromatic heterocycles. The van der Waals surface area contributed by atoms with Crippen molar-refractivity contribution in [2.75, 3.05) is 13.2 Å². The van der Waals surface area contributed by atoms with Crippen LogP contribution >= 0.6 is 0 Å². The number of alkyl carbamates (subject to hydrolysis) is 1. The van der Waals surface area contributed by atoms with Crippen molar-refractivity contribution in [3.63, 3.8) is 0 Å². The van der Waals surface area contributed by atoms with Gasteiger partial charge in [-0.3, -0.25) is 4.79 Å². The Bertz CT molecular complexity index is 560. The van der Waals surface area contributed by atoms with E-state index in [0.717, 1.165) is 6.42 Å². The van der Waals surface area contributed by atoms with Crippen LogP contribution in [0.4, 0.5) is 4.79 Å². The van der Waals surface area contributed by atoms with Crippen molar-refractivity contribution in [1.29, 1.82) is 0 Å². The fraction of sp³-hybridized carbons (Fsp3) is 0.885. The Hall–Kier alpha value is -1.83. The molecule has 0 rings (SSSR count). The molecular weight excluding hydrogens is 438 g/mol. The van der Waals surface area contributed by atoms with Crippen LogP contribution in [0.25, 0.3) is 0 Å². The molecule has 0 saturated carbocycles. The van der Waals surface area contributed by atoms with E-state index in [2.05, 4.69) is 12.2 Å². The molecule has 0 aliphatic rings. The number of aliphatic carboxylic acids is 1. The molecular formula is C26H49NO7. The molecule has 8 nitrogen and oxygen atoms in total. The molecule has 1 amide bonds. The van der Waals surface area contributed by atoms with Crippen LogP contribution in [0.1, 0.15) is 118 Å². The van der Waals surface area contributed by atoms with E-state index in [0.29, 0.717) is 26.1 Å². The van der Waals surface area contributed by atoms with Crippen LogP contribution in [0.3, 0.4) is 0 Å². The van der Waals surface area contributed by atoms with Gasteiger partial charge in [0, 0.05) is 19.4 Å². The third kappa shape index (κ3) is 19.6. The molecule has 0 aliphatic carbocycles. The summed E-state index contributed by atoms with van der Waals surface area (Å²) >= 11 is 0. The van der Waals surface area contributed by atoms with Gasteiger partial charge in [0.1, 0.15) is 17.7 Å². The number of ether oxygens (including phenoxy) is 3. The summed E-state index contributed by atoms with van der Waals surface area (Å²) in [6.07, 6.45) is 10.4. The lowest BCUT2D eigenvalue weighted by atomic mass is 10.1. The molecule has 8 heteroatoms.